The van der Waals surface area contributed by atoms with Crippen LogP contribution in [0.1, 0.15) is 28.1 Å². The number of benzene rings is 3. The average molecular weight is 496 g/mol. The van der Waals surface area contributed by atoms with Gasteiger partial charge in [-0.1, -0.05) is 41.9 Å². The first-order chi connectivity index (χ1) is 17.4. The lowest BCUT2D eigenvalue weighted by molar-refractivity contribution is -0.112. The maximum Gasteiger partial charge on any atom is 0.266 e. The van der Waals surface area contributed by atoms with Crippen molar-refractivity contribution in [3.8, 4) is 17.5 Å². The molecule has 0 aliphatic carbocycles. The van der Waals surface area contributed by atoms with Crippen LogP contribution in [0, 0.1) is 32.1 Å². The van der Waals surface area contributed by atoms with E-state index in [9.17, 15) is 10.1 Å². The van der Waals surface area contributed by atoms with Crippen molar-refractivity contribution in [1.29, 1.82) is 5.26 Å². The Morgan fingerprint density at radius 3 is 2.47 bits per heavy atom. The number of anilines is 1. The highest BCUT2D eigenvalue weighted by atomic mass is 35.5. The van der Waals surface area contributed by atoms with Crippen molar-refractivity contribution in [3.05, 3.63) is 118 Å². The fourth-order valence-electron chi connectivity index (χ4n) is 4.02. The first kappa shape index (κ1) is 24.8. The molecule has 0 aliphatic rings. The van der Waals surface area contributed by atoms with E-state index in [-0.39, 0.29) is 5.57 Å². The fraction of sp³-hybridized carbons (Fsp3) is 0.133. The molecule has 3 aromatic carbocycles. The predicted octanol–water partition coefficient (Wildman–Crippen LogP) is 7.18. The first-order valence-corrected chi connectivity index (χ1v) is 11.9. The van der Waals surface area contributed by atoms with Gasteiger partial charge in [0.15, 0.2) is 0 Å². The molecule has 0 bridgehead atoms. The van der Waals surface area contributed by atoms with Crippen molar-refractivity contribution >= 4 is 29.3 Å². The fourth-order valence-corrected chi connectivity index (χ4v) is 4.21. The summed E-state index contributed by atoms with van der Waals surface area (Å²) in [5.74, 6) is 0.300. The summed E-state index contributed by atoms with van der Waals surface area (Å²) in [7, 11) is 0. The van der Waals surface area contributed by atoms with Crippen LogP contribution in [-0.2, 0) is 11.4 Å². The predicted molar refractivity (Wildman–Crippen MR) is 144 cm³/mol. The molecule has 0 aliphatic heterocycles. The van der Waals surface area contributed by atoms with Gasteiger partial charge in [0.2, 0.25) is 0 Å². The van der Waals surface area contributed by atoms with Crippen LogP contribution < -0.4 is 10.1 Å². The number of carbonyl (C=O) groups excluding carboxylic acids is 1. The van der Waals surface area contributed by atoms with Gasteiger partial charge in [0.05, 0.1) is 0 Å². The third kappa shape index (κ3) is 5.68. The normalized spacial score (nSPS) is 11.1. The van der Waals surface area contributed by atoms with E-state index in [0.29, 0.717) is 17.3 Å². The van der Waals surface area contributed by atoms with E-state index >= 15 is 0 Å². The number of rotatable bonds is 7. The van der Waals surface area contributed by atoms with Crippen molar-refractivity contribution in [2.24, 2.45) is 0 Å². The van der Waals surface area contributed by atoms with Gasteiger partial charge in [-0.15, -0.1) is 0 Å². The molecule has 0 atom stereocenters. The number of halogens is 1. The molecule has 5 nitrogen and oxygen atoms in total. The number of nitriles is 1. The number of aromatic nitrogens is 1. The Kier molecular flexibility index (Phi) is 7.58. The van der Waals surface area contributed by atoms with Gasteiger partial charge in [-0.3, -0.25) is 4.79 Å². The summed E-state index contributed by atoms with van der Waals surface area (Å²) < 4.78 is 7.98. The molecular weight excluding hydrogens is 470 g/mol. The second-order valence-corrected chi connectivity index (χ2v) is 8.94. The van der Waals surface area contributed by atoms with Gasteiger partial charge in [0, 0.05) is 33.3 Å². The minimum Gasteiger partial charge on any atom is -0.489 e. The second kappa shape index (κ2) is 11.0. The molecule has 0 radical (unpaired) electrons. The Bertz CT molecular complexity index is 1480. The van der Waals surface area contributed by atoms with Crippen molar-refractivity contribution in [1.82, 2.24) is 4.57 Å². The molecule has 0 saturated heterocycles. The zero-order chi connectivity index (χ0) is 25.7. The lowest BCUT2D eigenvalue weighted by Crippen LogP contribution is -2.13. The highest BCUT2D eigenvalue weighted by Gasteiger charge is 2.14. The van der Waals surface area contributed by atoms with E-state index in [4.69, 9.17) is 16.3 Å². The van der Waals surface area contributed by atoms with Crippen molar-refractivity contribution < 1.29 is 9.53 Å². The molecule has 6 heteroatoms. The number of nitrogens with zero attached hydrogens (tertiary/aromatic N) is 2. The number of ether oxygens (including phenoxy) is 1. The summed E-state index contributed by atoms with van der Waals surface area (Å²) in [5.41, 5.74) is 6.33. The van der Waals surface area contributed by atoms with Crippen LogP contribution in [0.15, 0.2) is 84.4 Å². The van der Waals surface area contributed by atoms with Gasteiger partial charge in [0.1, 0.15) is 24.0 Å². The topological polar surface area (TPSA) is 67.0 Å². The lowest BCUT2D eigenvalue weighted by atomic mass is 10.1. The molecule has 36 heavy (non-hydrogen) atoms. The summed E-state index contributed by atoms with van der Waals surface area (Å²) in [6.45, 7) is 6.29. The van der Waals surface area contributed by atoms with E-state index < -0.39 is 5.91 Å². The molecule has 0 saturated carbocycles. The highest BCUT2D eigenvalue weighted by molar-refractivity contribution is 6.31. The van der Waals surface area contributed by atoms with Gasteiger partial charge in [-0.25, -0.2) is 0 Å². The Labute approximate surface area is 216 Å². The number of hydrogen-bond donors (Lipinski definition) is 1. The lowest BCUT2D eigenvalue weighted by Gasteiger charge is -2.12. The summed E-state index contributed by atoms with van der Waals surface area (Å²) in [4.78, 5) is 12.7. The molecule has 1 N–H and O–H groups in total. The number of nitrogens with one attached hydrogen (secondary N) is 1. The molecule has 4 aromatic rings. The molecule has 1 heterocycles. The number of aryl methyl sites for hydroxylation is 2. The Hall–Kier alpha value is -4.27. The molecular formula is C30H26ClN3O2. The zero-order valence-electron chi connectivity index (χ0n) is 20.4. The van der Waals surface area contributed by atoms with Crippen LogP contribution in [0.4, 0.5) is 5.69 Å². The maximum atomic E-state index is 12.7. The SMILES string of the molecule is Cc1cccc(NC(=O)/C(C#N)=C\c2cc(C)n(-c3ccc(OCc4ccccc4Cl)cc3)c2C)c1. The summed E-state index contributed by atoms with van der Waals surface area (Å²) in [6.07, 6.45) is 1.63. The summed E-state index contributed by atoms with van der Waals surface area (Å²) >= 11 is 6.21. The molecule has 4 rings (SSSR count). The van der Waals surface area contributed by atoms with Crippen molar-refractivity contribution in [2.75, 3.05) is 5.32 Å². The smallest absolute Gasteiger partial charge is 0.266 e. The van der Waals surface area contributed by atoms with Gasteiger partial charge in [-0.05, 0) is 86.5 Å². The van der Waals surface area contributed by atoms with E-state index in [2.05, 4.69) is 9.88 Å². The summed E-state index contributed by atoms with van der Waals surface area (Å²) in [6, 6.07) is 26.9. The standard InChI is InChI=1S/C30H26ClN3O2/c1-20-7-6-9-26(15-20)33-30(35)25(18-32)17-24-16-21(2)34(22(24)3)27-11-13-28(14-12-27)36-19-23-8-4-5-10-29(23)31/h4-17H,19H2,1-3H3,(H,33,35)/b25-17-. The highest BCUT2D eigenvalue weighted by Crippen LogP contribution is 2.25. The molecule has 1 amide bonds. The van der Waals surface area contributed by atoms with Crippen LogP contribution in [0.2, 0.25) is 5.02 Å². The maximum absolute atomic E-state index is 12.7. The van der Waals surface area contributed by atoms with E-state index in [1.165, 1.54) is 0 Å². The minimum atomic E-state index is -0.437. The van der Waals surface area contributed by atoms with Crippen molar-refractivity contribution in [3.63, 3.8) is 0 Å². The number of amides is 1. The number of carbonyl (C=O) groups is 1. The Balaban J connectivity index is 1.52. The monoisotopic (exact) mass is 495 g/mol. The van der Waals surface area contributed by atoms with Crippen molar-refractivity contribution in [2.45, 2.75) is 27.4 Å². The van der Waals surface area contributed by atoms with Gasteiger partial charge in [-0.2, -0.15) is 5.26 Å². The van der Waals surface area contributed by atoms with E-state index in [1.807, 2.05) is 99.6 Å². The first-order valence-electron chi connectivity index (χ1n) is 11.5. The van der Waals surface area contributed by atoms with Gasteiger partial charge in [0.25, 0.3) is 5.91 Å². The molecule has 1 aromatic heterocycles. The summed E-state index contributed by atoms with van der Waals surface area (Å²) in [5, 5.41) is 13.1. The second-order valence-electron chi connectivity index (χ2n) is 8.53. The average Bonchev–Trinajstić information content (AvgIpc) is 3.14. The van der Waals surface area contributed by atoms with Crippen LogP contribution in [0.5, 0.6) is 5.75 Å². The van der Waals surface area contributed by atoms with Crippen LogP contribution in [0.25, 0.3) is 11.8 Å². The minimum absolute atomic E-state index is 0.0417. The zero-order valence-corrected chi connectivity index (χ0v) is 21.1. The number of hydrogen-bond acceptors (Lipinski definition) is 3. The van der Waals surface area contributed by atoms with Gasteiger partial charge < -0.3 is 14.6 Å². The quantitative estimate of drug-likeness (QED) is 0.218. The van der Waals surface area contributed by atoms with E-state index in [0.717, 1.165) is 39.5 Å². The molecule has 0 fully saturated rings. The third-order valence-electron chi connectivity index (χ3n) is 5.86. The third-order valence-corrected chi connectivity index (χ3v) is 6.23. The Morgan fingerprint density at radius 1 is 1.03 bits per heavy atom. The molecule has 180 valence electrons. The van der Waals surface area contributed by atoms with E-state index in [1.54, 1.807) is 12.1 Å². The van der Waals surface area contributed by atoms with Crippen LogP contribution in [0.3, 0.4) is 0 Å². The van der Waals surface area contributed by atoms with Crippen LogP contribution in [-0.4, -0.2) is 10.5 Å². The molecule has 0 unspecified atom stereocenters. The largest absolute Gasteiger partial charge is 0.489 e. The Morgan fingerprint density at radius 2 is 1.78 bits per heavy atom. The van der Waals surface area contributed by atoms with Crippen LogP contribution >= 0.6 is 11.6 Å². The molecule has 0 spiro atoms. The van der Waals surface area contributed by atoms with Gasteiger partial charge >= 0.3 is 0 Å².